The number of allylic oxidation sites excluding steroid dienone is 3. The molecule has 86 heavy (non-hydrogen) atoms. The van der Waals surface area contributed by atoms with Gasteiger partial charge in [-0.1, -0.05) is 100 Å². The Labute approximate surface area is 525 Å². The molecule has 3 aromatic rings. The molecule has 0 radical (unpaired) electrons. The minimum Gasteiger partial charge on any atom is -0.462 e. The third kappa shape index (κ3) is 18.9. The van der Waals surface area contributed by atoms with Crippen molar-refractivity contribution in [1.82, 2.24) is 15.6 Å². The Hall–Kier alpha value is -5.78. The topological polar surface area (TPSA) is 284 Å². The first-order valence-corrected chi connectivity index (χ1v) is 31.9. The number of alkyl halides is 2. The highest BCUT2D eigenvalue weighted by molar-refractivity contribution is 9.09. The first kappa shape index (κ1) is 69.3. The van der Waals surface area contributed by atoms with Gasteiger partial charge >= 0.3 is 24.1 Å². The van der Waals surface area contributed by atoms with E-state index in [1.54, 1.807) is 56.5 Å². The average molecular weight is 1340 g/mol. The number of ketones is 2. The zero-order valence-electron chi connectivity index (χ0n) is 50.5. The molecule has 470 valence electrons. The van der Waals surface area contributed by atoms with Gasteiger partial charge in [0.25, 0.3) is 0 Å². The highest BCUT2D eigenvalue weighted by atomic mass is 79.9. The van der Waals surface area contributed by atoms with Crippen LogP contribution in [0.4, 0.5) is 21.0 Å². The molecule has 4 heterocycles. The summed E-state index contributed by atoms with van der Waals surface area (Å²) in [7, 11) is 3.07. The van der Waals surface area contributed by atoms with Gasteiger partial charge in [-0.05, 0) is 114 Å². The first-order valence-electron chi connectivity index (χ1n) is 29.3. The SMILES string of the molecule is CO[C@@H]1/C=C/C=C(\C)Cc2cc(C)c(Cl)c(c2)N(C)C(=O)C[C@H](OC(=O)Nc2ccc3nc(CC(=O)[C@H](CCCNC(N)=O)NC(=O)[C@@H](CC(=O)CCCCC(C)OC(=O)C(CBr)CBr)C(C)C)ccc3c2)[C@]2(C)O[C@H]2[C@H](C)[C@@H]2C[C@@]1(O)CC(=O)O2. The number of anilines is 2. The number of unbranched alkanes of at least 4 members (excludes halogenated alkanes) is 1. The van der Waals surface area contributed by atoms with Gasteiger partial charge in [-0.25, -0.2) is 9.59 Å². The van der Waals surface area contributed by atoms with Crippen LogP contribution in [0, 0.1) is 30.6 Å². The van der Waals surface area contributed by atoms with Gasteiger partial charge in [-0.3, -0.25) is 39.1 Å². The lowest BCUT2D eigenvalue weighted by atomic mass is 9.78. The summed E-state index contributed by atoms with van der Waals surface area (Å²) >= 11 is 13.5. The van der Waals surface area contributed by atoms with Crippen molar-refractivity contribution < 1.29 is 67.1 Å². The number of benzene rings is 2. The summed E-state index contributed by atoms with van der Waals surface area (Å²) < 4.78 is 29.7. The summed E-state index contributed by atoms with van der Waals surface area (Å²) in [6.45, 7) is 13.0. The van der Waals surface area contributed by atoms with E-state index < -0.39 is 83.4 Å². The number of fused-ring (bicyclic) bond motifs is 6. The van der Waals surface area contributed by atoms with E-state index in [1.807, 2.05) is 59.8 Å². The number of carbonyl (C=O) groups excluding carboxylic acids is 8. The number of nitrogens with zero attached hydrogens (tertiary/aromatic N) is 2. The number of hydrogen-bond donors (Lipinski definition) is 5. The van der Waals surface area contributed by atoms with Crippen LogP contribution in [0.3, 0.4) is 0 Å². The summed E-state index contributed by atoms with van der Waals surface area (Å²) in [4.78, 5) is 113. The van der Waals surface area contributed by atoms with Crippen molar-refractivity contribution in [2.75, 3.05) is 41.6 Å². The molecule has 4 bridgehead atoms. The van der Waals surface area contributed by atoms with Gasteiger partial charge in [0.1, 0.15) is 35.3 Å². The van der Waals surface area contributed by atoms with E-state index in [-0.39, 0.29) is 87.0 Å². The molecule has 20 nitrogen and oxygen atoms in total. The molecule has 2 fully saturated rings. The highest BCUT2D eigenvalue weighted by Crippen LogP contribution is 2.50. The lowest BCUT2D eigenvalue weighted by molar-refractivity contribution is -0.187. The number of carbonyl (C=O) groups is 8. The normalized spacial score (nSPS) is 24.5. The van der Waals surface area contributed by atoms with Gasteiger partial charge < -0.3 is 50.1 Å². The van der Waals surface area contributed by atoms with Crippen LogP contribution < -0.4 is 26.6 Å². The number of halogens is 3. The third-order valence-corrected chi connectivity index (χ3v) is 18.5. The second kappa shape index (κ2) is 31.4. The van der Waals surface area contributed by atoms with Gasteiger partial charge in [0.05, 0.1) is 59.7 Å². The number of Topliss-reactive ketones (excluding diaryl/α,β-unsaturated/α-hetero) is 2. The van der Waals surface area contributed by atoms with Crippen LogP contribution in [-0.4, -0.2) is 137 Å². The van der Waals surface area contributed by atoms with Gasteiger partial charge in [0.15, 0.2) is 5.78 Å². The number of ether oxygens (including phenoxy) is 5. The molecule has 1 unspecified atom stereocenters. The Morgan fingerprint density at radius 1 is 1.00 bits per heavy atom. The van der Waals surface area contributed by atoms with Crippen molar-refractivity contribution >= 4 is 113 Å². The molecular formula is C63H83Br2ClN6O14. The number of nitrogens with one attached hydrogen (secondary N) is 3. The van der Waals surface area contributed by atoms with Crippen molar-refractivity contribution in [2.24, 2.45) is 29.4 Å². The zero-order valence-corrected chi connectivity index (χ0v) is 54.4. The van der Waals surface area contributed by atoms with E-state index >= 15 is 0 Å². The summed E-state index contributed by atoms with van der Waals surface area (Å²) in [6, 6.07) is 10.4. The molecule has 10 atom stereocenters. The van der Waals surface area contributed by atoms with Gasteiger partial charge in [0.2, 0.25) is 11.8 Å². The molecule has 6 rings (SSSR count). The standard InChI is InChI=1S/C63H83Br2ClN6O14/c1-35(2)46(29-45(73)16-11-10-15-38(5)83-59(78)42(33-64)34-65)58(77)71-48(17-13-23-68-60(67)79)50(74)28-44-20-19-41-27-43(21-22-47(41)69-44)70-61(80)85-53-30-54(75)72(8)49-26-40(25-37(4)56(49)66)24-36(3)14-12-18-52(82-9)63(81)31-51(84-55(76)32-63)39(6)57-62(53,7)86-57/h12,14,18-22,25-27,35,38-39,42,46,48,51-53,57,81H,10-11,13,15-17,23-24,28-34H2,1-9H3,(H,70,80)(H,71,77)(H3,67,68,79)/b18-12+,36-14+/t38?,39-,46+,48+,51+,52-,53+,57+,62+,63-/m1/s1. The number of methoxy groups -OCH3 is 1. The number of hydrogen-bond acceptors (Lipinski definition) is 15. The van der Waals surface area contributed by atoms with Crippen LogP contribution in [0.2, 0.25) is 5.02 Å². The van der Waals surface area contributed by atoms with Crippen LogP contribution >= 0.6 is 43.5 Å². The minimum atomic E-state index is -1.62. The average Bonchev–Trinajstić information content (AvgIpc) is 1.58. The Bertz CT molecular complexity index is 3030. The number of epoxide rings is 1. The van der Waals surface area contributed by atoms with Crippen LogP contribution in [0.5, 0.6) is 0 Å². The van der Waals surface area contributed by atoms with Crippen molar-refractivity contribution in [2.45, 2.75) is 173 Å². The number of aromatic nitrogens is 1. The van der Waals surface area contributed by atoms with E-state index in [0.717, 1.165) is 16.7 Å². The lowest BCUT2D eigenvalue weighted by Crippen LogP contribution is -2.53. The second-order valence-corrected chi connectivity index (χ2v) is 25.4. The molecule has 1 aromatic heterocycles. The monoisotopic (exact) mass is 1340 g/mol. The Morgan fingerprint density at radius 3 is 2.42 bits per heavy atom. The number of pyridine rings is 1. The molecule has 0 spiro atoms. The number of primary amides is 1. The summed E-state index contributed by atoms with van der Waals surface area (Å²) in [5, 5.41) is 22.1. The minimum absolute atomic E-state index is 0.0205. The zero-order chi connectivity index (χ0) is 63.2. The molecule has 0 saturated carbocycles. The predicted octanol–water partition coefficient (Wildman–Crippen LogP) is 9.65. The molecule has 0 aliphatic carbocycles. The number of aliphatic hydroxyl groups is 1. The maximum atomic E-state index is 14.4. The number of rotatable bonds is 24. The largest absolute Gasteiger partial charge is 0.462 e. The van der Waals surface area contributed by atoms with Crippen LogP contribution in [0.25, 0.3) is 10.9 Å². The molecular weight excluding hydrogens is 1260 g/mol. The molecule has 23 heteroatoms. The maximum Gasteiger partial charge on any atom is 0.412 e. The van der Waals surface area contributed by atoms with Gasteiger partial charge in [0, 0.05) is 79.2 Å². The fraction of sp³-hybridized carbons (Fsp3) is 0.571. The summed E-state index contributed by atoms with van der Waals surface area (Å²) in [6.07, 6.45) is 2.85. The number of esters is 2. The smallest absolute Gasteiger partial charge is 0.412 e. The van der Waals surface area contributed by atoms with Crippen molar-refractivity contribution in [3.63, 3.8) is 0 Å². The fourth-order valence-corrected chi connectivity index (χ4v) is 13.0. The van der Waals surface area contributed by atoms with Crippen molar-refractivity contribution in [3.05, 3.63) is 88.1 Å². The van der Waals surface area contributed by atoms with Gasteiger partial charge in [-0.15, -0.1) is 0 Å². The van der Waals surface area contributed by atoms with Crippen molar-refractivity contribution in [3.8, 4) is 0 Å². The van der Waals surface area contributed by atoms with E-state index in [9.17, 15) is 43.5 Å². The summed E-state index contributed by atoms with van der Waals surface area (Å²) in [5.74, 6) is -4.00. The number of aryl methyl sites for hydroxylation is 1. The van der Waals surface area contributed by atoms with E-state index in [4.69, 9.17) is 46.0 Å². The molecule has 5 amide bonds. The lowest BCUT2D eigenvalue weighted by Gasteiger charge is -2.41. The van der Waals surface area contributed by atoms with Gasteiger partial charge in [-0.2, -0.15) is 0 Å². The molecule has 3 aliphatic heterocycles. The molecule has 6 N–H and O–H groups in total. The molecule has 2 saturated heterocycles. The van der Waals surface area contributed by atoms with E-state index in [0.29, 0.717) is 75.8 Å². The fourth-order valence-electron chi connectivity index (χ4n) is 11.2. The molecule has 2 aromatic carbocycles. The Kier molecular flexibility index (Phi) is 25.3. The second-order valence-electron chi connectivity index (χ2n) is 23.7. The number of nitrogens with two attached hydrogens (primary N) is 1. The van der Waals surface area contributed by atoms with Crippen molar-refractivity contribution in [1.29, 1.82) is 0 Å². The van der Waals surface area contributed by atoms with Crippen LogP contribution in [-0.2, 0) is 65.3 Å². The van der Waals surface area contributed by atoms with Crippen LogP contribution in [0.1, 0.15) is 123 Å². The predicted molar refractivity (Wildman–Crippen MR) is 334 cm³/mol. The highest BCUT2D eigenvalue weighted by Gasteiger charge is 2.64. The quantitative estimate of drug-likeness (QED) is 0.0183. The number of amides is 5. The maximum absolute atomic E-state index is 14.4. The molecule has 3 aliphatic rings. The number of urea groups is 1. The van der Waals surface area contributed by atoms with E-state index in [2.05, 4.69) is 47.8 Å². The Balaban J connectivity index is 1.15. The Morgan fingerprint density at radius 2 is 1.73 bits per heavy atom. The third-order valence-electron chi connectivity index (χ3n) is 16.4. The first-order chi connectivity index (χ1) is 40.7. The van der Waals surface area contributed by atoms with Crippen LogP contribution in [0.15, 0.2) is 66.3 Å². The van der Waals surface area contributed by atoms with E-state index in [1.165, 1.54) is 12.0 Å². The summed E-state index contributed by atoms with van der Waals surface area (Å²) in [5.41, 5.74) is 6.69.